The third-order valence-electron chi connectivity index (χ3n) is 2.25. The van der Waals surface area contributed by atoms with Crippen LogP contribution in [0.4, 0.5) is 4.39 Å². The normalized spacial score (nSPS) is 9.65. The van der Waals surface area contributed by atoms with Gasteiger partial charge in [0, 0.05) is 0 Å². The van der Waals surface area contributed by atoms with E-state index < -0.39 is 5.82 Å². The Kier molecular flexibility index (Phi) is 3.37. The third kappa shape index (κ3) is 2.82. The van der Waals surface area contributed by atoms with Gasteiger partial charge < -0.3 is 4.74 Å². The molecule has 3 heteroatoms. The molecule has 0 aliphatic heterocycles. The molecule has 2 aromatic rings. The van der Waals surface area contributed by atoms with Crippen LogP contribution in [0.3, 0.4) is 0 Å². The third-order valence-corrected chi connectivity index (χ3v) is 2.25. The molecule has 0 saturated carbocycles. The van der Waals surface area contributed by atoms with Gasteiger partial charge in [-0.1, -0.05) is 24.3 Å². The van der Waals surface area contributed by atoms with Gasteiger partial charge in [-0.15, -0.1) is 0 Å². The molecule has 84 valence electrons. The first-order chi connectivity index (χ1) is 8.29. The number of rotatable bonds is 3. The summed E-state index contributed by atoms with van der Waals surface area (Å²) in [5.41, 5.74) is 0.848. The van der Waals surface area contributed by atoms with E-state index in [1.54, 1.807) is 36.4 Å². The fourth-order valence-corrected chi connectivity index (χ4v) is 1.46. The summed E-state index contributed by atoms with van der Waals surface area (Å²) in [5, 5.41) is 8.59. The van der Waals surface area contributed by atoms with E-state index in [4.69, 9.17) is 10.00 Å². The largest absolute Gasteiger partial charge is 0.454 e. The molecule has 0 aliphatic rings. The maximum absolute atomic E-state index is 13.3. The Morgan fingerprint density at radius 3 is 2.71 bits per heavy atom. The van der Waals surface area contributed by atoms with Gasteiger partial charge in [0.05, 0.1) is 12.5 Å². The van der Waals surface area contributed by atoms with Gasteiger partial charge in [0.1, 0.15) is 5.75 Å². The lowest BCUT2D eigenvalue weighted by Gasteiger charge is -2.07. The van der Waals surface area contributed by atoms with Crippen LogP contribution < -0.4 is 4.74 Å². The van der Waals surface area contributed by atoms with Crippen LogP contribution >= 0.6 is 0 Å². The Balaban J connectivity index is 2.22. The zero-order valence-corrected chi connectivity index (χ0v) is 9.06. The van der Waals surface area contributed by atoms with Gasteiger partial charge in [-0.3, -0.25) is 0 Å². The predicted molar refractivity (Wildman–Crippen MR) is 62.2 cm³/mol. The van der Waals surface area contributed by atoms with Crippen LogP contribution in [0.15, 0.2) is 48.5 Å². The molecule has 0 saturated heterocycles. The quantitative estimate of drug-likeness (QED) is 0.801. The summed E-state index contributed by atoms with van der Waals surface area (Å²) in [6, 6.07) is 15.3. The minimum absolute atomic E-state index is 0.182. The molecule has 2 rings (SSSR count). The van der Waals surface area contributed by atoms with Crippen molar-refractivity contribution in [3.63, 3.8) is 0 Å². The Morgan fingerprint density at radius 1 is 1.12 bits per heavy atom. The zero-order valence-electron chi connectivity index (χ0n) is 9.06. The van der Waals surface area contributed by atoms with Crippen molar-refractivity contribution >= 4 is 0 Å². The Labute approximate surface area is 98.9 Å². The molecular formula is C14H10FNO. The highest BCUT2D eigenvalue weighted by atomic mass is 19.1. The van der Waals surface area contributed by atoms with Gasteiger partial charge in [-0.25, -0.2) is 4.39 Å². The van der Waals surface area contributed by atoms with Crippen LogP contribution in [-0.4, -0.2) is 0 Å². The molecule has 0 spiro atoms. The van der Waals surface area contributed by atoms with Gasteiger partial charge in [-0.05, 0) is 29.8 Å². The highest BCUT2D eigenvalue weighted by molar-refractivity contribution is 5.35. The van der Waals surface area contributed by atoms with Crippen molar-refractivity contribution < 1.29 is 9.13 Å². The molecule has 0 N–H and O–H groups in total. The number of nitriles is 1. The Morgan fingerprint density at radius 2 is 1.94 bits per heavy atom. The summed E-state index contributed by atoms with van der Waals surface area (Å²) in [6.45, 7) is 0. The van der Waals surface area contributed by atoms with E-state index in [2.05, 4.69) is 6.07 Å². The number of halogens is 1. The molecular weight excluding hydrogens is 217 g/mol. The first-order valence-corrected chi connectivity index (χ1v) is 5.18. The van der Waals surface area contributed by atoms with Gasteiger partial charge in [0.25, 0.3) is 0 Å². The van der Waals surface area contributed by atoms with Gasteiger partial charge in [-0.2, -0.15) is 5.26 Å². The second-order valence-electron chi connectivity index (χ2n) is 3.51. The molecule has 0 fully saturated rings. The van der Waals surface area contributed by atoms with Crippen molar-refractivity contribution in [3.8, 4) is 17.6 Å². The average Bonchev–Trinajstić information content (AvgIpc) is 2.33. The lowest BCUT2D eigenvalue weighted by atomic mass is 10.1. The first kappa shape index (κ1) is 11.2. The fraction of sp³-hybridized carbons (Fsp3) is 0.0714. The first-order valence-electron chi connectivity index (χ1n) is 5.18. The smallest absolute Gasteiger partial charge is 0.165 e. The number of benzene rings is 2. The van der Waals surface area contributed by atoms with Crippen molar-refractivity contribution in [1.29, 1.82) is 5.26 Å². The molecule has 0 aromatic heterocycles. The standard InChI is InChI=1S/C14H10FNO/c15-13-6-1-2-7-14(13)17-12-5-3-4-11(10-12)8-9-16/h1-7,10H,8H2. The van der Waals surface area contributed by atoms with Crippen molar-refractivity contribution in [2.24, 2.45) is 0 Å². The number of ether oxygens (including phenoxy) is 1. The van der Waals surface area contributed by atoms with E-state index in [1.807, 2.05) is 6.07 Å². The topological polar surface area (TPSA) is 33.0 Å². The highest BCUT2D eigenvalue weighted by Crippen LogP contribution is 2.24. The van der Waals surface area contributed by atoms with Crippen LogP contribution in [0.5, 0.6) is 11.5 Å². The van der Waals surface area contributed by atoms with Crippen molar-refractivity contribution in [2.75, 3.05) is 0 Å². The van der Waals surface area contributed by atoms with Crippen LogP contribution in [0, 0.1) is 17.1 Å². The van der Waals surface area contributed by atoms with Crippen LogP contribution in [0.1, 0.15) is 5.56 Å². The summed E-state index contributed by atoms with van der Waals surface area (Å²) in [4.78, 5) is 0. The molecule has 0 bridgehead atoms. The van der Waals surface area contributed by atoms with Crippen LogP contribution in [-0.2, 0) is 6.42 Å². The molecule has 2 nitrogen and oxygen atoms in total. The molecule has 0 heterocycles. The second kappa shape index (κ2) is 5.13. The molecule has 0 radical (unpaired) electrons. The van der Waals surface area contributed by atoms with E-state index in [1.165, 1.54) is 6.07 Å². The van der Waals surface area contributed by atoms with E-state index in [0.29, 0.717) is 12.2 Å². The van der Waals surface area contributed by atoms with Gasteiger partial charge in [0.15, 0.2) is 11.6 Å². The van der Waals surface area contributed by atoms with E-state index in [0.717, 1.165) is 5.56 Å². The summed E-state index contributed by atoms with van der Waals surface area (Å²) >= 11 is 0. The fourth-order valence-electron chi connectivity index (χ4n) is 1.46. The summed E-state index contributed by atoms with van der Waals surface area (Å²) in [5.74, 6) is 0.308. The molecule has 0 aliphatic carbocycles. The Bertz CT molecular complexity index is 560. The van der Waals surface area contributed by atoms with Crippen molar-refractivity contribution in [1.82, 2.24) is 0 Å². The van der Waals surface area contributed by atoms with Crippen molar-refractivity contribution in [3.05, 3.63) is 59.9 Å². The van der Waals surface area contributed by atoms with Gasteiger partial charge >= 0.3 is 0 Å². The monoisotopic (exact) mass is 227 g/mol. The Hall–Kier alpha value is -2.34. The zero-order chi connectivity index (χ0) is 12.1. The molecule has 0 unspecified atom stereocenters. The molecule has 0 atom stereocenters. The van der Waals surface area contributed by atoms with E-state index in [-0.39, 0.29) is 5.75 Å². The maximum Gasteiger partial charge on any atom is 0.165 e. The summed E-state index contributed by atoms with van der Waals surface area (Å²) in [6.07, 6.45) is 0.314. The minimum atomic E-state index is -0.404. The SMILES string of the molecule is N#CCc1cccc(Oc2ccccc2F)c1. The molecule has 0 amide bonds. The van der Waals surface area contributed by atoms with Gasteiger partial charge in [0.2, 0.25) is 0 Å². The number of hydrogen-bond donors (Lipinski definition) is 0. The maximum atomic E-state index is 13.3. The molecule has 2 aromatic carbocycles. The predicted octanol–water partition coefficient (Wildman–Crippen LogP) is 3.68. The van der Waals surface area contributed by atoms with Crippen LogP contribution in [0.25, 0.3) is 0 Å². The second-order valence-corrected chi connectivity index (χ2v) is 3.51. The minimum Gasteiger partial charge on any atom is -0.454 e. The van der Waals surface area contributed by atoms with Crippen molar-refractivity contribution in [2.45, 2.75) is 6.42 Å². The lowest BCUT2D eigenvalue weighted by molar-refractivity contribution is 0.442. The summed E-state index contributed by atoms with van der Waals surface area (Å²) in [7, 11) is 0. The number of para-hydroxylation sites is 1. The lowest BCUT2D eigenvalue weighted by Crippen LogP contribution is -1.89. The number of nitrogens with zero attached hydrogens (tertiary/aromatic N) is 1. The van der Waals surface area contributed by atoms with E-state index in [9.17, 15) is 4.39 Å². The number of hydrogen-bond acceptors (Lipinski definition) is 2. The van der Waals surface area contributed by atoms with Crippen LogP contribution in [0.2, 0.25) is 0 Å². The molecule has 17 heavy (non-hydrogen) atoms. The highest BCUT2D eigenvalue weighted by Gasteiger charge is 2.03. The summed E-state index contributed by atoms with van der Waals surface area (Å²) < 4.78 is 18.8. The van der Waals surface area contributed by atoms with E-state index >= 15 is 0 Å². The average molecular weight is 227 g/mol.